The third kappa shape index (κ3) is 4.27. The van der Waals surface area contributed by atoms with Crippen molar-refractivity contribution in [3.63, 3.8) is 0 Å². The molecule has 1 aliphatic rings. The van der Waals surface area contributed by atoms with Crippen LogP contribution in [0.15, 0.2) is 42.5 Å². The van der Waals surface area contributed by atoms with Gasteiger partial charge in [-0.2, -0.15) is 0 Å². The lowest BCUT2D eigenvalue weighted by atomic mass is 9.87. The van der Waals surface area contributed by atoms with E-state index in [1.54, 1.807) is 0 Å². The lowest BCUT2D eigenvalue weighted by Gasteiger charge is -2.27. The molecular formula is C21H22FNO4. The number of amides is 1. The van der Waals surface area contributed by atoms with E-state index < -0.39 is 17.9 Å². The van der Waals surface area contributed by atoms with Crippen molar-refractivity contribution in [1.82, 2.24) is 5.32 Å². The molecule has 0 aliphatic heterocycles. The summed E-state index contributed by atoms with van der Waals surface area (Å²) in [6.45, 7) is 1.50. The van der Waals surface area contributed by atoms with E-state index in [2.05, 4.69) is 11.4 Å². The van der Waals surface area contributed by atoms with E-state index in [9.17, 15) is 14.0 Å². The Hall–Kier alpha value is -2.89. The van der Waals surface area contributed by atoms with E-state index in [0.717, 1.165) is 30.9 Å². The SMILES string of the molecule is COc1ccc(C(=O)O[C@H](C)C(=O)N[C@H]2CCCc3ccccc32)cc1F. The van der Waals surface area contributed by atoms with Gasteiger partial charge < -0.3 is 14.8 Å². The van der Waals surface area contributed by atoms with E-state index in [0.29, 0.717) is 0 Å². The molecule has 0 saturated heterocycles. The first kappa shape index (κ1) is 18.9. The number of fused-ring (bicyclic) bond motifs is 1. The summed E-state index contributed by atoms with van der Waals surface area (Å²) in [6.07, 6.45) is 1.83. The predicted octanol–water partition coefficient (Wildman–Crippen LogP) is 3.57. The summed E-state index contributed by atoms with van der Waals surface area (Å²) in [4.78, 5) is 24.7. The Balaban J connectivity index is 1.63. The van der Waals surface area contributed by atoms with Gasteiger partial charge in [-0.05, 0) is 55.5 Å². The maximum absolute atomic E-state index is 13.7. The van der Waals surface area contributed by atoms with Crippen LogP contribution in [0.1, 0.15) is 47.3 Å². The summed E-state index contributed by atoms with van der Waals surface area (Å²) >= 11 is 0. The molecule has 142 valence electrons. The fourth-order valence-corrected chi connectivity index (χ4v) is 3.27. The van der Waals surface area contributed by atoms with Crippen LogP contribution >= 0.6 is 0 Å². The summed E-state index contributed by atoms with van der Waals surface area (Å²) in [5.74, 6) is -1.77. The number of methoxy groups -OCH3 is 1. The van der Waals surface area contributed by atoms with E-state index in [1.165, 1.54) is 31.7 Å². The molecule has 2 aromatic rings. The zero-order chi connectivity index (χ0) is 19.4. The van der Waals surface area contributed by atoms with Crippen molar-refractivity contribution in [2.45, 2.75) is 38.3 Å². The molecular weight excluding hydrogens is 349 g/mol. The minimum absolute atomic E-state index is 0.0240. The first-order chi connectivity index (χ1) is 13.0. The Morgan fingerprint density at radius 3 is 2.74 bits per heavy atom. The Labute approximate surface area is 157 Å². The van der Waals surface area contributed by atoms with Crippen LogP contribution in [0.25, 0.3) is 0 Å². The molecule has 3 rings (SSSR count). The molecule has 0 bridgehead atoms. The normalized spacial score (nSPS) is 16.8. The van der Waals surface area contributed by atoms with Gasteiger partial charge in [0.15, 0.2) is 17.7 Å². The Kier molecular flexibility index (Phi) is 5.74. The number of hydrogen-bond acceptors (Lipinski definition) is 4. The lowest BCUT2D eigenvalue weighted by molar-refractivity contribution is -0.130. The third-order valence-corrected chi connectivity index (χ3v) is 4.73. The highest BCUT2D eigenvalue weighted by molar-refractivity contribution is 5.92. The zero-order valence-electron chi connectivity index (χ0n) is 15.3. The largest absolute Gasteiger partial charge is 0.494 e. The van der Waals surface area contributed by atoms with Gasteiger partial charge in [0, 0.05) is 0 Å². The average Bonchev–Trinajstić information content (AvgIpc) is 2.68. The van der Waals surface area contributed by atoms with Crippen LogP contribution in [0.4, 0.5) is 4.39 Å². The molecule has 2 atom stereocenters. The van der Waals surface area contributed by atoms with Gasteiger partial charge in [0.25, 0.3) is 5.91 Å². The fourth-order valence-electron chi connectivity index (χ4n) is 3.27. The minimum atomic E-state index is -0.989. The zero-order valence-corrected chi connectivity index (χ0v) is 15.3. The highest BCUT2D eigenvalue weighted by Gasteiger charge is 2.25. The number of rotatable bonds is 5. The molecule has 0 saturated carbocycles. The smallest absolute Gasteiger partial charge is 0.339 e. The quantitative estimate of drug-likeness (QED) is 0.816. The second kappa shape index (κ2) is 8.20. The molecule has 1 aliphatic carbocycles. The molecule has 6 heteroatoms. The maximum atomic E-state index is 13.7. The van der Waals surface area contributed by atoms with Crippen molar-refractivity contribution >= 4 is 11.9 Å². The van der Waals surface area contributed by atoms with Gasteiger partial charge in [-0.25, -0.2) is 9.18 Å². The van der Waals surface area contributed by atoms with Gasteiger partial charge in [0.2, 0.25) is 0 Å². The van der Waals surface area contributed by atoms with E-state index >= 15 is 0 Å². The first-order valence-corrected chi connectivity index (χ1v) is 8.92. The van der Waals surface area contributed by atoms with Crippen LogP contribution in [0, 0.1) is 5.82 Å². The van der Waals surface area contributed by atoms with Gasteiger partial charge in [-0.15, -0.1) is 0 Å². The van der Waals surface area contributed by atoms with Crippen LogP contribution in [0.5, 0.6) is 5.75 Å². The summed E-state index contributed by atoms with van der Waals surface area (Å²) in [5.41, 5.74) is 2.36. The van der Waals surface area contributed by atoms with Gasteiger partial charge in [-0.1, -0.05) is 24.3 Å². The number of ether oxygens (including phenoxy) is 2. The van der Waals surface area contributed by atoms with Crippen LogP contribution in [-0.4, -0.2) is 25.1 Å². The maximum Gasteiger partial charge on any atom is 0.339 e. The van der Waals surface area contributed by atoms with Crippen LogP contribution < -0.4 is 10.1 Å². The van der Waals surface area contributed by atoms with Gasteiger partial charge >= 0.3 is 5.97 Å². The molecule has 5 nitrogen and oxygen atoms in total. The summed E-state index contributed by atoms with van der Waals surface area (Å²) in [7, 11) is 1.34. The molecule has 1 N–H and O–H groups in total. The molecule has 0 unspecified atom stereocenters. The van der Waals surface area contributed by atoms with Crippen LogP contribution in [-0.2, 0) is 16.0 Å². The third-order valence-electron chi connectivity index (χ3n) is 4.73. The highest BCUT2D eigenvalue weighted by Crippen LogP contribution is 2.29. The van der Waals surface area contributed by atoms with Crippen molar-refractivity contribution in [3.8, 4) is 5.75 Å². The van der Waals surface area contributed by atoms with Crippen molar-refractivity contribution in [2.75, 3.05) is 7.11 Å². The number of esters is 1. The number of nitrogens with one attached hydrogen (secondary N) is 1. The van der Waals surface area contributed by atoms with Gasteiger partial charge in [0.1, 0.15) is 0 Å². The number of hydrogen-bond donors (Lipinski definition) is 1. The first-order valence-electron chi connectivity index (χ1n) is 8.92. The molecule has 0 fully saturated rings. The van der Waals surface area contributed by atoms with E-state index in [-0.39, 0.29) is 23.3 Å². The molecule has 1 amide bonds. The topological polar surface area (TPSA) is 64.6 Å². The molecule has 2 aromatic carbocycles. The highest BCUT2D eigenvalue weighted by atomic mass is 19.1. The molecule has 27 heavy (non-hydrogen) atoms. The number of aryl methyl sites for hydroxylation is 1. The second-order valence-electron chi connectivity index (χ2n) is 6.55. The van der Waals surface area contributed by atoms with Gasteiger partial charge in [0.05, 0.1) is 18.7 Å². The lowest BCUT2D eigenvalue weighted by Crippen LogP contribution is -2.39. The molecule has 0 aromatic heterocycles. The number of carbonyl (C=O) groups excluding carboxylic acids is 2. The average molecular weight is 371 g/mol. The number of carbonyl (C=O) groups is 2. The Morgan fingerprint density at radius 2 is 2.00 bits per heavy atom. The van der Waals surface area contributed by atoms with Crippen LogP contribution in [0.2, 0.25) is 0 Å². The Bertz CT molecular complexity index is 852. The summed E-state index contributed by atoms with van der Waals surface area (Å²) < 4.78 is 23.8. The number of halogens is 1. The molecule has 0 spiro atoms. The Morgan fingerprint density at radius 1 is 1.22 bits per heavy atom. The number of benzene rings is 2. The fraction of sp³-hybridized carbons (Fsp3) is 0.333. The monoisotopic (exact) mass is 371 g/mol. The summed E-state index contributed by atoms with van der Waals surface area (Å²) in [6, 6.07) is 11.7. The van der Waals surface area contributed by atoms with E-state index in [1.807, 2.05) is 18.2 Å². The summed E-state index contributed by atoms with van der Waals surface area (Å²) in [5, 5.41) is 2.95. The van der Waals surface area contributed by atoms with Gasteiger partial charge in [-0.3, -0.25) is 4.79 Å². The minimum Gasteiger partial charge on any atom is -0.494 e. The predicted molar refractivity (Wildman–Crippen MR) is 98.1 cm³/mol. The van der Waals surface area contributed by atoms with Crippen molar-refractivity contribution < 1.29 is 23.5 Å². The van der Waals surface area contributed by atoms with Crippen molar-refractivity contribution in [3.05, 3.63) is 65.0 Å². The van der Waals surface area contributed by atoms with E-state index in [4.69, 9.17) is 9.47 Å². The molecule has 0 heterocycles. The van der Waals surface area contributed by atoms with Crippen LogP contribution in [0.3, 0.4) is 0 Å². The molecule has 0 radical (unpaired) electrons. The second-order valence-corrected chi connectivity index (χ2v) is 6.55. The van der Waals surface area contributed by atoms with Crippen molar-refractivity contribution in [2.24, 2.45) is 0 Å². The van der Waals surface area contributed by atoms with Crippen molar-refractivity contribution in [1.29, 1.82) is 0 Å². The standard InChI is InChI=1S/C21H22FNO4/c1-13(27-21(25)15-10-11-19(26-2)17(22)12-15)20(24)23-18-9-5-7-14-6-3-4-8-16(14)18/h3-4,6,8,10-13,18H,5,7,9H2,1-2H3,(H,23,24)/t13-,18+/m1/s1.